The van der Waals surface area contributed by atoms with Crippen LogP contribution < -0.4 is 10.9 Å². The van der Waals surface area contributed by atoms with Crippen molar-refractivity contribution < 1.29 is 4.79 Å². The molecule has 0 aliphatic carbocycles. The molecule has 0 unspecified atom stereocenters. The van der Waals surface area contributed by atoms with Crippen molar-refractivity contribution in [2.24, 2.45) is 0 Å². The number of anilines is 1. The van der Waals surface area contributed by atoms with E-state index >= 15 is 0 Å². The van der Waals surface area contributed by atoms with Gasteiger partial charge in [-0.2, -0.15) is 0 Å². The second-order valence-corrected chi connectivity index (χ2v) is 8.31. The Morgan fingerprint density at radius 2 is 1.90 bits per heavy atom. The van der Waals surface area contributed by atoms with Gasteiger partial charge in [-0.15, -0.1) is 11.3 Å². The molecule has 29 heavy (non-hydrogen) atoms. The molecule has 2 aromatic carbocycles. The number of carbonyl (C=O) groups excluding carboxylic acids is 1. The molecular weight excluding hydrogens is 406 g/mol. The number of H-pyrrole nitrogens is 1. The zero-order valence-corrected chi connectivity index (χ0v) is 17.7. The molecule has 5 nitrogen and oxygen atoms in total. The molecule has 0 atom stereocenters. The summed E-state index contributed by atoms with van der Waals surface area (Å²) < 4.78 is 0. The van der Waals surface area contributed by atoms with Gasteiger partial charge in [0.2, 0.25) is 0 Å². The predicted molar refractivity (Wildman–Crippen MR) is 119 cm³/mol. The van der Waals surface area contributed by atoms with E-state index in [-0.39, 0.29) is 11.5 Å². The lowest BCUT2D eigenvalue weighted by Crippen LogP contribution is -2.13. The molecule has 2 N–H and O–H groups in total. The topological polar surface area (TPSA) is 74.8 Å². The van der Waals surface area contributed by atoms with Gasteiger partial charge in [0.1, 0.15) is 10.7 Å². The molecule has 4 rings (SSSR count). The van der Waals surface area contributed by atoms with E-state index in [1.54, 1.807) is 19.1 Å². The number of halogens is 1. The molecule has 2 heterocycles. The Hall–Kier alpha value is -2.96. The number of rotatable bonds is 3. The van der Waals surface area contributed by atoms with Crippen LogP contribution in [0.15, 0.2) is 47.3 Å². The zero-order valence-electron chi connectivity index (χ0n) is 16.1. The number of hydrogen-bond donors (Lipinski definition) is 2. The number of aromatic nitrogens is 2. The predicted octanol–water partition coefficient (Wildman–Crippen LogP) is 5.48. The van der Waals surface area contributed by atoms with E-state index in [0.29, 0.717) is 37.1 Å². The molecule has 0 fully saturated rings. The molecule has 0 bridgehead atoms. The van der Waals surface area contributed by atoms with Gasteiger partial charge in [0, 0.05) is 11.3 Å². The molecule has 0 radical (unpaired) electrons. The molecule has 1 amide bonds. The molecule has 4 aromatic rings. The van der Waals surface area contributed by atoms with Crippen molar-refractivity contribution in [2.75, 3.05) is 5.32 Å². The van der Waals surface area contributed by atoms with Gasteiger partial charge in [-0.05, 0) is 50.1 Å². The number of aryl methyl sites for hydroxylation is 3. The third kappa shape index (κ3) is 3.57. The Morgan fingerprint density at radius 3 is 2.62 bits per heavy atom. The fourth-order valence-corrected chi connectivity index (χ4v) is 4.58. The number of fused-ring (bicyclic) bond motifs is 1. The number of aromatic amines is 1. The molecule has 2 aromatic heterocycles. The first-order valence-electron chi connectivity index (χ1n) is 9.02. The maximum Gasteiger partial charge on any atom is 0.266 e. The number of amides is 1. The van der Waals surface area contributed by atoms with Crippen LogP contribution in [-0.4, -0.2) is 15.9 Å². The molecule has 7 heteroatoms. The Balaban J connectivity index is 1.77. The molecule has 0 saturated carbocycles. The van der Waals surface area contributed by atoms with Crippen LogP contribution in [0.4, 0.5) is 5.69 Å². The van der Waals surface area contributed by atoms with Crippen LogP contribution in [0.25, 0.3) is 21.6 Å². The summed E-state index contributed by atoms with van der Waals surface area (Å²) in [6.07, 6.45) is 0. The van der Waals surface area contributed by atoms with E-state index in [9.17, 15) is 9.59 Å². The van der Waals surface area contributed by atoms with Crippen molar-refractivity contribution in [2.45, 2.75) is 20.8 Å². The Morgan fingerprint density at radius 1 is 1.14 bits per heavy atom. The fourth-order valence-electron chi connectivity index (χ4n) is 3.27. The van der Waals surface area contributed by atoms with Gasteiger partial charge >= 0.3 is 0 Å². The Kier molecular flexibility index (Phi) is 4.98. The zero-order chi connectivity index (χ0) is 20.7. The summed E-state index contributed by atoms with van der Waals surface area (Å²) in [6, 6.07) is 13.0. The van der Waals surface area contributed by atoms with E-state index in [1.165, 1.54) is 11.3 Å². The first-order valence-corrected chi connectivity index (χ1v) is 10.2. The lowest BCUT2D eigenvalue weighted by molar-refractivity contribution is 0.103. The van der Waals surface area contributed by atoms with Crippen LogP contribution in [0, 0.1) is 20.8 Å². The van der Waals surface area contributed by atoms with Crippen LogP contribution in [0.2, 0.25) is 5.02 Å². The monoisotopic (exact) mass is 423 g/mol. The first-order chi connectivity index (χ1) is 13.8. The molecular formula is C22H18ClN3O2S. The van der Waals surface area contributed by atoms with Gasteiger partial charge in [-0.25, -0.2) is 4.98 Å². The van der Waals surface area contributed by atoms with Gasteiger partial charge in [0.05, 0.1) is 15.3 Å². The highest BCUT2D eigenvalue weighted by Gasteiger charge is 2.20. The van der Waals surface area contributed by atoms with Crippen LogP contribution in [0.5, 0.6) is 0 Å². The minimum Gasteiger partial charge on any atom is -0.321 e. The number of hydrogen-bond acceptors (Lipinski definition) is 4. The average Bonchev–Trinajstić information content (AvgIpc) is 3.01. The van der Waals surface area contributed by atoms with Gasteiger partial charge in [0.25, 0.3) is 11.5 Å². The van der Waals surface area contributed by atoms with Crippen molar-refractivity contribution in [1.82, 2.24) is 9.97 Å². The summed E-state index contributed by atoms with van der Waals surface area (Å²) in [5.74, 6) is 0.131. The van der Waals surface area contributed by atoms with E-state index in [4.69, 9.17) is 11.6 Å². The van der Waals surface area contributed by atoms with Crippen LogP contribution in [-0.2, 0) is 0 Å². The van der Waals surface area contributed by atoms with Crippen molar-refractivity contribution >= 4 is 44.7 Å². The summed E-state index contributed by atoms with van der Waals surface area (Å²) in [5.41, 5.74) is 3.82. The average molecular weight is 424 g/mol. The van der Waals surface area contributed by atoms with Gasteiger partial charge in [-0.3, -0.25) is 9.59 Å². The van der Waals surface area contributed by atoms with Gasteiger partial charge in [-0.1, -0.05) is 41.4 Å². The van der Waals surface area contributed by atoms with Gasteiger partial charge < -0.3 is 10.3 Å². The number of benzene rings is 2. The molecule has 0 spiro atoms. The van der Waals surface area contributed by atoms with Gasteiger partial charge in [0.15, 0.2) is 0 Å². The number of nitrogens with zero attached hydrogens (tertiary/aromatic N) is 1. The summed E-state index contributed by atoms with van der Waals surface area (Å²) >= 11 is 7.45. The minimum atomic E-state index is -0.288. The normalized spacial score (nSPS) is 11.0. The summed E-state index contributed by atoms with van der Waals surface area (Å²) in [6.45, 7) is 5.72. The van der Waals surface area contributed by atoms with Crippen LogP contribution in [0.1, 0.15) is 26.4 Å². The summed E-state index contributed by atoms with van der Waals surface area (Å²) in [5, 5.41) is 3.86. The van der Waals surface area contributed by atoms with Crippen LogP contribution >= 0.6 is 22.9 Å². The quantitative estimate of drug-likeness (QED) is 0.458. The smallest absolute Gasteiger partial charge is 0.266 e. The largest absolute Gasteiger partial charge is 0.321 e. The molecule has 0 aliphatic rings. The summed E-state index contributed by atoms with van der Waals surface area (Å²) in [4.78, 5) is 34.0. The maximum absolute atomic E-state index is 12.9. The van der Waals surface area contributed by atoms with Crippen molar-refractivity contribution in [1.29, 1.82) is 0 Å². The van der Waals surface area contributed by atoms with E-state index in [0.717, 1.165) is 16.8 Å². The number of nitrogens with one attached hydrogen (secondary N) is 2. The third-order valence-electron chi connectivity index (χ3n) is 4.77. The standard InChI is InChI=1S/C22H18ClN3O2S/c1-11-8-9-16(12(2)10-11)24-21(28)18-13(3)17-20(27)25-19(26-22(17)29-18)14-6-4-5-7-15(14)23/h4-10H,1-3H3,(H,24,28)(H,25,26,27). The molecule has 0 aliphatic heterocycles. The Labute approximate surface area is 176 Å². The summed E-state index contributed by atoms with van der Waals surface area (Å²) in [7, 11) is 0. The minimum absolute atomic E-state index is 0.254. The highest BCUT2D eigenvalue weighted by Crippen LogP contribution is 2.31. The SMILES string of the molecule is Cc1ccc(NC(=O)c2sc3nc(-c4ccccc4Cl)[nH]c(=O)c3c2C)c(C)c1. The second kappa shape index (κ2) is 7.46. The van der Waals surface area contributed by atoms with Crippen molar-refractivity contribution in [3.63, 3.8) is 0 Å². The van der Waals surface area contributed by atoms with E-state index in [2.05, 4.69) is 15.3 Å². The lowest BCUT2D eigenvalue weighted by Gasteiger charge is -2.08. The number of thiophene rings is 1. The second-order valence-electron chi connectivity index (χ2n) is 6.90. The maximum atomic E-state index is 12.9. The Bertz CT molecular complexity index is 1320. The number of carbonyl (C=O) groups is 1. The molecule has 146 valence electrons. The fraction of sp³-hybridized carbons (Fsp3) is 0.136. The third-order valence-corrected chi connectivity index (χ3v) is 6.28. The van der Waals surface area contributed by atoms with E-state index in [1.807, 2.05) is 44.2 Å². The molecule has 0 saturated heterocycles. The van der Waals surface area contributed by atoms with Crippen molar-refractivity contribution in [3.8, 4) is 11.4 Å². The highest BCUT2D eigenvalue weighted by atomic mass is 35.5. The first kappa shape index (κ1) is 19.4. The van der Waals surface area contributed by atoms with Crippen LogP contribution in [0.3, 0.4) is 0 Å². The highest BCUT2D eigenvalue weighted by molar-refractivity contribution is 7.20. The lowest BCUT2D eigenvalue weighted by atomic mass is 10.1. The van der Waals surface area contributed by atoms with Crippen molar-refractivity contribution in [3.05, 3.63) is 79.4 Å². The van der Waals surface area contributed by atoms with E-state index < -0.39 is 0 Å².